The van der Waals surface area contributed by atoms with E-state index in [1.807, 2.05) is 24.3 Å². The molecular formula is C20H24N4OS2. The lowest BCUT2D eigenvalue weighted by atomic mass is 10.1. The fourth-order valence-electron chi connectivity index (χ4n) is 2.73. The van der Waals surface area contributed by atoms with Crippen LogP contribution in [-0.4, -0.2) is 26.4 Å². The van der Waals surface area contributed by atoms with Crippen molar-refractivity contribution in [3.8, 4) is 11.4 Å². The maximum Gasteiger partial charge on any atom is 0.234 e. The third-order valence-corrected chi connectivity index (χ3v) is 6.32. The summed E-state index contributed by atoms with van der Waals surface area (Å²) in [6.07, 6.45) is 2.01. The second-order valence-corrected chi connectivity index (χ2v) is 8.03. The molecular weight excluding hydrogens is 376 g/mol. The number of aromatic nitrogens is 3. The highest BCUT2D eigenvalue weighted by Gasteiger charge is 2.15. The van der Waals surface area contributed by atoms with Crippen LogP contribution in [0.15, 0.2) is 40.9 Å². The highest BCUT2D eigenvalue weighted by Crippen LogP contribution is 2.28. The number of thiophene rings is 1. The Morgan fingerprint density at radius 2 is 1.93 bits per heavy atom. The number of benzene rings is 1. The molecule has 5 nitrogen and oxygen atoms in total. The van der Waals surface area contributed by atoms with E-state index in [-0.39, 0.29) is 5.91 Å². The number of hydrogen-bond acceptors (Lipinski definition) is 5. The van der Waals surface area contributed by atoms with Gasteiger partial charge in [-0.1, -0.05) is 37.7 Å². The predicted octanol–water partition coefficient (Wildman–Crippen LogP) is 4.88. The van der Waals surface area contributed by atoms with Crippen molar-refractivity contribution in [3.05, 3.63) is 46.2 Å². The lowest BCUT2D eigenvalue weighted by Crippen LogP contribution is -2.14. The Labute approximate surface area is 168 Å². The van der Waals surface area contributed by atoms with Gasteiger partial charge in [-0.05, 0) is 43.5 Å². The molecule has 2 heterocycles. The second kappa shape index (κ2) is 9.19. The van der Waals surface area contributed by atoms with Gasteiger partial charge in [-0.3, -0.25) is 4.79 Å². The van der Waals surface area contributed by atoms with E-state index in [9.17, 15) is 4.79 Å². The normalized spacial score (nSPS) is 10.9. The summed E-state index contributed by atoms with van der Waals surface area (Å²) in [5.41, 5.74) is 3.17. The number of aryl methyl sites for hydroxylation is 2. The number of carbonyl (C=O) groups is 1. The summed E-state index contributed by atoms with van der Waals surface area (Å²) in [7, 11) is 0. The maximum atomic E-state index is 12.3. The standard InChI is InChI=1S/C20H24N4OS2/c1-4-14-7-9-16(10-8-14)21-18(25)13-27-20-23-22-19(24(20)6-3)15-11-17(5-2)26-12-15/h7-12H,4-6,13H2,1-3H3,(H,21,25). The molecule has 0 saturated carbocycles. The Morgan fingerprint density at radius 3 is 2.56 bits per heavy atom. The smallest absolute Gasteiger partial charge is 0.234 e. The third-order valence-electron chi connectivity index (χ3n) is 4.27. The molecule has 0 unspecified atom stereocenters. The molecule has 0 spiro atoms. The molecule has 0 saturated heterocycles. The topological polar surface area (TPSA) is 59.8 Å². The first-order chi connectivity index (χ1) is 13.1. The number of nitrogens with zero attached hydrogens (tertiary/aromatic N) is 3. The van der Waals surface area contributed by atoms with E-state index in [0.717, 1.165) is 41.6 Å². The average Bonchev–Trinajstić information content (AvgIpc) is 3.33. The summed E-state index contributed by atoms with van der Waals surface area (Å²) in [5, 5.41) is 14.5. The molecule has 27 heavy (non-hydrogen) atoms. The number of carbonyl (C=O) groups excluding carboxylic acids is 1. The van der Waals surface area contributed by atoms with Gasteiger partial charge in [-0.2, -0.15) is 0 Å². The Hall–Kier alpha value is -2.12. The van der Waals surface area contributed by atoms with E-state index < -0.39 is 0 Å². The highest BCUT2D eigenvalue weighted by molar-refractivity contribution is 7.99. The van der Waals surface area contributed by atoms with Crippen LogP contribution in [-0.2, 0) is 24.2 Å². The number of nitrogens with one attached hydrogen (secondary N) is 1. The molecule has 1 N–H and O–H groups in total. The van der Waals surface area contributed by atoms with Gasteiger partial charge >= 0.3 is 0 Å². The van der Waals surface area contributed by atoms with E-state index in [1.54, 1.807) is 11.3 Å². The van der Waals surface area contributed by atoms with Crippen molar-refractivity contribution >= 4 is 34.7 Å². The van der Waals surface area contributed by atoms with E-state index >= 15 is 0 Å². The predicted molar refractivity (Wildman–Crippen MR) is 114 cm³/mol. The van der Waals surface area contributed by atoms with Crippen LogP contribution in [0.3, 0.4) is 0 Å². The van der Waals surface area contributed by atoms with Gasteiger partial charge in [0, 0.05) is 28.1 Å². The third kappa shape index (κ3) is 4.78. The highest BCUT2D eigenvalue weighted by atomic mass is 32.2. The van der Waals surface area contributed by atoms with E-state index in [0.29, 0.717) is 5.75 Å². The lowest BCUT2D eigenvalue weighted by molar-refractivity contribution is -0.113. The van der Waals surface area contributed by atoms with Gasteiger partial charge in [0.1, 0.15) is 0 Å². The van der Waals surface area contributed by atoms with Crippen LogP contribution >= 0.6 is 23.1 Å². The molecule has 3 aromatic rings. The Kier molecular flexibility index (Phi) is 6.68. The van der Waals surface area contributed by atoms with Crippen molar-refractivity contribution in [2.45, 2.75) is 45.3 Å². The molecule has 3 rings (SSSR count). The van der Waals surface area contributed by atoms with E-state index in [4.69, 9.17) is 0 Å². The van der Waals surface area contributed by atoms with Crippen molar-refractivity contribution < 1.29 is 4.79 Å². The second-order valence-electron chi connectivity index (χ2n) is 6.09. The maximum absolute atomic E-state index is 12.3. The molecule has 0 radical (unpaired) electrons. The molecule has 0 aliphatic rings. The van der Waals surface area contributed by atoms with Gasteiger partial charge in [-0.15, -0.1) is 21.5 Å². The lowest BCUT2D eigenvalue weighted by Gasteiger charge is -2.07. The van der Waals surface area contributed by atoms with Crippen molar-refractivity contribution in [2.75, 3.05) is 11.1 Å². The van der Waals surface area contributed by atoms with Crippen LogP contribution < -0.4 is 5.32 Å². The summed E-state index contributed by atoms with van der Waals surface area (Å²) in [5.74, 6) is 1.13. The van der Waals surface area contributed by atoms with Crippen molar-refractivity contribution in [3.63, 3.8) is 0 Å². The molecule has 2 aromatic heterocycles. The molecule has 1 amide bonds. The van der Waals surface area contributed by atoms with Gasteiger partial charge in [0.05, 0.1) is 5.75 Å². The number of anilines is 1. The summed E-state index contributed by atoms with van der Waals surface area (Å²) in [6.45, 7) is 7.10. The minimum Gasteiger partial charge on any atom is -0.325 e. The molecule has 1 aromatic carbocycles. The Bertz CT molecular complexity index is 899. The monoisotopic (exact) mass is 400 g/mol. The SMILES string of the molecule is CCc1ccc(NC(=O)CSc2nnc(-c3csc(CC)c3)n2CC)cc1. The summed E-state index contributed by atoms with van der Waals surface area (Å²) in [4.78, 5) is 13.6. The molecule has 0 bridgehead atoms. The fourth-order valence-corrected chi connectivity index (χ4v) is 4.34. The largest absolute Gasteiger partial charge is 0.325 e. The van der Waals surface area contributed by atoms with Crippen LogP contribution in [0.25, 0.3) is 11.4 Å². The van der Waals surface area contributed by atoms with Gasteiger partial charge in [0.2, 0.25) is 5.91 Å². The molecule has 7 heteroatoms. The molecule has 0 atom stereocenters. The van der Waals surface area contributed by atoms with E-state index in [1.165, 1.54) is 22.2 Å². The Morgan fingerprint density at radius 1 is 1.15 bits per heavy atom. The summed E-state index contributed by atoms with van der Waals surface area (Å²) < 4.78 is 2.06. The zero-order chi connectivity index (χ0) is 19.2. The van der Waals surface area contributed by atoms with E-state index in [2.05, 4.69) is 52.3 Å². The summed E-state index contributed by atoms with van der Waals surface area (Å²) >= 11 is 3.16. The number of rotatable bonds is 8. The van der Waals surface area contributed by atoms with Crippen molar-refractivity contribution in [1.82, 2.24) is 14.8 Å². The van der Waals surface area contributed by atoms with Crippen LogP contribution in [0.5, 0.6) is 0 Å². The molecule has 0 aliphatic heterocycles. The van der Waals surface area contributed by atoms with Gasteiger partial charge < -0.3 is 9.88 Å². The van der Waals surface area contributed by atoms with Crippen molar-refractivity contribution in [1.29, 1.82) is 0 Å². The average molecular weight is 401 g/mol. The number of hydrogen-bond donors (Lipinski definition) is 1. The zero-order valence-electron chi connectivity index (χ0n) is 15.9. The minimum atomic E-state index is -0.0414. The first kappa shape index (κ1) is 19.6. The quantitative estimate of drug-likeness (QED) is 0.547. The first-order valence-corrected chi connectivity index (χ1v) is 11.0. The fraction of sp³-hybridized carbons (Fsp3) is 0.350. The summed E-state index contributed by atoms with van der Waals surface area (Å²) in [6, 6.07) is 10.1. The van der Waals surface area contributed by atoms with Crippen molar-refractivity contribution in [2.24, 2.45) is 0 Å². The van der Waals surface area contributed by atoms with Crippen LogP contribution in [0.4, 0.5) is 5.69 Å². The zero-order valence-corrected chi connectivity index (χ0v) is 17.5. The molecule has 0 aliphatic carbocycles. The number of amides is 1. The van der Waals surface area contributed by atoms with Crippen LogP contribution in [0.2, 0.25) is 0 Å². The van der Waals surface area contributed by atoms with Crippen LogP contribution in [0.1, 0.15) is 31.2 Å². The van der Waals surface area contributed by atoms with Gasteiger partial charge in [0.25, 0.3) is 0 Å². The Balaban J connectivity index is 1.64. The van der Waals surface area contributed by atoms with Gasteiger partial charge in [-0.25, -0.2) is 0 Å². The molecule has 142 valence electrons. The van der Waals surface area contributed by atoms with Gasteiger partial charge in [0.15, 0.2) is 11.0 Å². The van der Waals surface area contributed by atoms with Crippen LogP contribution in [0, 0.1) is 0 Å². The molecule has 0 fully saturated rings. The minimum absolute atomic E-state index is 0.0414. The first-order valence-electron chi connectivity index (χ1n) is 9.17. The number of thioether (sulfide) groups is 1.